The fourth-order valence-corrected chi connectivity index (χ4v) is 2.90. The molecule has 0 atom stereocenters. The van der Waals surface area contributed by atoms with Crippen molar-refractivity contribution >= 4 is 21.9 Å². The largest absolute Gasteiger partial charge is 0.430 e. The van der Waals surface area contributed by atoms with E-state index in [-0.39, 0.29) is 5.41 Å². The smallest absolute Gasteiger partial charge is 0.274 e. The van der Waals surface area contributed by atoms with Gasteiger partial charge >= 0.3 is 0 Å². The topological polar surface area (TPSA) is 26.0 Å². The molecular weight excluding hydrogens is 306 g/mol. The van der Waals surface area contributed by atoms with Gasteiger partial charge in [-0.05, 0) is 45.9 Å². The molecule has 4 aromatic rings. The molecule has 0 aliphatic heterocycles. The van der Waals surface area contributed by atoms with E-state index in [1.54, 1.807) is 0 Å². The number of hydrogen-bond acceptors (Lipinski definition) is 2. The van der Waals surface area contributed by atoms with E-state index in [4.69, 9.17) is 4.42 Å². The minimum absolute atomic E-state index is 0.0853. The number of benzene rings is 3. The van der Waals surface area contributed by atoms with E-state index >= 15 is 0 Å². The van der Waals surface area contributed by atoms with Crippen molar-refractivity contribution in [3.8, 4) is 11.8 Å². The molecular formula is C23H19NO. The lowest BCUT2D eigenvalue weighted by Crippen LogP contribution is -2.10. The van der Waals surface area contributed by atoms with E-state index < -0.39 is 0 Å². The summed E-state index contributed by atoms with van der Waals surface area (Å²) in [4.78, 5) is 4.54. The van der Waals surface area contributed by atoms with Crippen LogP contribution in [-0.4, -0.2) is 4.98 Å². The normalized spacial score (nSPS) is 11.5. The van der Waals surface area contributed by atoms with Crippen LogP contribution in [0.15, 0.2) is 65.1 Å². The van der Waals surface area contributed by atoms with Gasteiger partial charge in [0.05, 0.1) is 0 Å². The monoisotopic (exact) mass is 325 g/mol. The Balaban J connectivity index is 1.75. The molecule has 0 aliphatic carbocycles. The Morgan fingerprint density at radius 2 is 1.68 bits per heavy atom. The third kappa shape index (κ3) is 3.02. The van der Waals surface area contributed by atoms with Gasteiger partial charge in [0.2, 0.25) is 0 Å². The Bertz CT molecular complexity index is 1130. The average Bonchev–Trinajstić information content (AvgIpc) is 3.01. The molecule has 3 aromatic carbocycles. The first-order valence-electron chi connectivity index (χ1n) is 8.41. The molecule has 0 bridgehead atoms. The van der Waals surface area contributed by atoms with Gasteiger partial charge in [-0.3, -0.25) is 0 Å². The molecule has 0 unspecified atom stereocenters. The summed E-state index contributed by atoms with van der Waals surface area (Å²) < 4.78 is 5.78. The predicted octanol–water partition coefficient (Wildman–Crippen LogP) is 5.68. The standard InChI is InChI=1S/C23H19NO/c1-23(2,3)18-12-13-21-20(15-18)24-22(25-21)14-11-17-9-6-8-16-7-4-5-10-19(16)17/h4-10,12-13,15H,1-3H3. The molecule has 0 aliphatic rings. The van der Waals surface area contributed by atoms with Crippen molar-refractivity contribution in [1.82, 2.24) is 4.98 Å². The minimum Gasteiger partial charge on any atom is -0.430 e. The molecule has 0 amide bonds. The average molecular weight is 325 g/mol. The van der Waals surface area contributed by atoms with E-state index in [2.05, 4.69) is 67.9 Å². The maximum absolute atomic E-state index is 5.78. The SMILES string of the molecule is CC(C)(C)c1ccc2oc(C#Cc3cccc4ccccc34)nc2c1. The van der Waals surface area contributed by atoms with Crippen LogP contribution in [0.3, 0.4) is 0 Å². The second-order valence-electron chi connectivity index (χ2n) is 7.23. The molecule has 0 saturated carbocycles. The summed E-state index contributed by atoms with van der Waals surface area (Å²) in [5.41, 5.74) is 3.93. The number of rotatable bonds is 0. The third-order valence-electron chi connectivity index (χ3n) is 4.35. The Hall–Kier alpha value is -3.05. The molecule has 25 heavy (non-hydrogen) atoms. The Morgan fingerprint density at radius 1 is 0.880 bits per heavy atom. The van der Waals surface area contributed by atoms with Crippen molar-refractivity contribution in [3.05, 3.63) is 77.7 Å². The lowest BCUT2D eigenvalue weighted by molar-refractivity contribution is 0.583. The van der Waals surface area contributed by atoms with Gasteiger partial charge in [-0.25, -0.2) is 4.98 Å². The zero-order valence-corrected chi connectivity index (χ0v) is 14.6. The summed E-state index contributed by atoms with van der Waals surface area (Å²) in [6.07, 6.45) is 0. The highest BCUT2D eigenvalue weighted by atomic mass is 16.3. The number of hydrogen-bond donors (Lipinski definition) is 0. The highest BCUT2D eigenvalue weighted by Crippen LogP contribution is 2.26. The Labute approximate surface area is 147 Å². The molecule has 2 nitrogen and oxygen atoms in total. The van der Waals surface area contributed by atoms with Crippen LogP contribution in [0.4, 0.5) is 0 Å². The Morgan fingerprint density at radius 3 is 2.52 bits per heavy atom. The van der Waals surface area contributed by atoms with Crippen molar-refractivity contribution in [2.75, 3.05) is 0 Å². The van der Waals surface area contributed by atoms with E-state index in [0.29, 0.717) is 5.89 Å². The van der Waals surface area contributed by atoms with Crippen molar-refractivity contribution in [2.24, 2.45) is 0 Å². The van der Waals surface area contributed by atoms with Crippen LogP contribution >= 0.6 is 0 Å². The molecule has 0 N–H and O–H groups in total. The lowest BCUT2D eigenvalue weighted by Gasteiger charge is -2.18. The minimum atomic E-state index is 0.0853. The van der Waals surface area contributed by atoms with Crippen LogP contribution < -0.4 is 0 Å². The second-order valence-corrected chi connectivity index (χ2v) is 7.23. The summed E-state index contributed by atoms with van der Waals surface area (Å²) in [5.74, 6) is 6.73. The van der Waals surface area contributed by atoms with Crippen molar-refractivity contribution < 1.29 is 4.42 Å². The molecule has 1 heterocycles. The van der Waals surface area contributed by atoms with Gasteiger partial charge in [-0.15, -0.1) is 0 Å². The van der Waals surface area contributed by atoms with Gasteiger partial charge in [0.1, 0.15) is 5.52 Å². The zero-order chi connectivity index (χ0) is 17.4. The number of aromatic nitrogens is 1. The lowest BCUT2D eigenvalue weighted by atomic mass is 9.87. The third-order valence-corrected chi connectivity index (χ3v) is 4.35. The highest BCUT2D eigenvalue weighted by molar-refractivity contribution is 5.88. The summed E-state index contributed by atoms with van der Waals surface area (Å²) in [6, 6.07) is 20.5. The van der Waals surface area contributed by atoms with Gasteiger partial charge in [-0.2, -0.15) is 0 Å². The number of fused-ring (bicyclic) bond motifs is 2. The molecule has 2 heteroatoms. The van der Waals surface area contributed by atoms with E-state index in [0.717, 1.165) is 22.0 Å². The maximum Gasteiger partial charge on any atom is 0.274 e. The molecule has 0 saturated heterocycles. The first-order chi connectivity index (χ1) is 12.0. The maximum atomic E-state index is 5.78. The zero-order valence-electron chi connectivity index (χ0n) is 14.6. The van der Waals surface area contributed by atoms with Crippen molar-refractivity contribution in [1.29, 1.82) is 0 Å². The predicted molar refractivity (Wildman–Crippen MR) is 103 cm³/mol. The molecule has 0 fully saturated rings. The molecule has 1 aromatic heterocycles. The Kier molecular flexibility index (Phi) is 3.58. The number of oxazole rings is 1. The first kappa shape index (κ1) is 15.5. The summed E-state index contributed by atoms with van der Waals surface area (Å²) in [5, 5.41) is 2.32. The summed E-state index contributed by atoms with van der Waals surface area (Å²) in [6.45, 7) is 6.57. The van der Waals surface area contributed by atoms with Crippen molar-refractivity contribution in [3.63, 3.8) is 0 Å². The summed E-state index contributed by atoms with van der Waals surface area (Å²) >= 11 is 0. The quantitative estimate of drug-likeness (QED) is 0.389. The van der Waals surface area contributed by atoms with Gasteiger partial charge in [0.15, 0.2) is 5.58 Å². The van der Waals surface area contributed by atoms with E-state index in [9.17, 15) is 0 Å². The highest BCUT2D eigenvalue weighted by Gasteiger charge is 2.15. The fourth-order valence-electron chi connectivity index (χ4n) is 2.90. The van der Waals surface area contributed by atoms with Crippen molar-refractivity contribution in [2.45, 2.75) is 26.2 Å². The van der Waals surface area contributed by atoms with E-state index in [1.165, 1.54) is 10.9 Å². The van der Waals surface area contributed by atoms with Gasteiger partial charge in [-0.1, -0.05) is 69.2 Å². The molecule has 0 spiro atoms. The summed E-state index contributed by atoms with van der Waals surface area (Å²) in [7, 11) is 0. The van der Waals surface area contributed by atoms with Crippen LogP contribution in [0, 0.1) is 11.8 Å². The van der Waals surface area contributed by atoms with Gasteiger partial charge in [0, 0.05) is 5.56 Å². The van der Waals surface area contributed by atoms with Crippen LogP contribution in [0.1, 0.15) is 37.8 Å². The van der Waals surface area contributed by atoms with Gasteiger partial charge < -0.3 is 4.42 Å². The molecule has 4 rings (SSSR count). The second kappa shape index (κ2) is 5.79. The van der Waals surface area contributed by atoms with E-state index in [1.807, 2.05) is 30.3 Å². The van der Waals surface area contributed by atoms with Crippen LogP contribution in [0.25, 0.3) is 21.9 Å². The van der Waals surface area contributed by atoms with Crippen LogP contribution in [-0.2, 0) is 5.41 Å². The fraction of sp³-hybridized carbons (Fsp3) is 0.174. The number of nitrogens with zero attached hydrogens (tertiary/aromatic N) is 1. The van der Waals surface area contributed by atoms with Crippen LogP contribution in [0.5, 0.6) is 0 Å². The first-order valence-corrected chi connectivity index (χ1v) is 8.41. The molecule has 0 radical (unpaired) electrons. The van der Waals surface area contributed by atoms with Crippen LogP contribution in [0.2, 0.25) is 0 Å². The molecule has 122 valence electrons. The van der Waals surface area contributed by atoms with Gasteiger partial charge in [0.25, 0.3) is 5.89 Å².